The molecule has 8 nitrogen and oxygen atoms in total. The predicted octanol–water partition coefficient (Wildman–Crippen LogP) is -0.00770. The Kier molecular flexibility index (Phi) is 7.92. The van der Waals surface area contributed by atoms with E-state index in [9.17, 15) is 18.0 Å². The molecule has 2 heterocycles. The molecule has 0 aromatic heterocycles. The third kappa shape index (κ3) is 6.93. The maximum absolute atomic E-state index is 12.5. The van der Waals surface area contributed by atoms with Gasteiger partial charge in [0.2, 0.25) is 11.8 Å². The monoisotopic (exact) mass is 428 g/mol. The first-order valence-electron chi connectivity index (χ1n) is 11.1. The van der Waals surface area contributed by atoms with Crippen LogP contribution in [0.2, 0.25) is 0 Å². The second-order valence-electron chi connectivity index (χ2n) is 8.90. The van der Waals surface area contributed by atoms with Crippen molar-refractivity contribution in [2.24, 2.45) is 5.92 Å². The zero-order valence-corrected chi connectivity index (χ0v) is 18.4. The summed E-state index contributed by atoms with van der Waals surface area (Å²) in [6, 6.07) is -0.403. The summed E-state index contributed by atoms with van der Waals surface area (Å²) in [6.07, 6.45) is 6.84. The zero-order chi connectivity index (χ0) is 20.9. The highest BCUT2D eigenvalue weighted by molar-refractivity contribution is 7.91. The first-order valence-corrected chi connectivity index (χ1v) is 12.9. The van der Waals surface area contributed by atoms with Crippen molar-refractivity contribution in [1.29, 1.82) is 0 Å². The van der Waals surface area contributed by atoms with E-state index in [1.807, 2.05) is 6.92 Å². The molecule has 9 heteroatoms. The van der Waals surface area contributed by atoms with Crippen molar-refractivity contribution in [2.75, 3.05) is 50.8 Å². The van der Waals surface area contributed by atoms with Gasteiger partial charge in [0.05, 0.1) is 24.1 Å². The Bertz CT molecular complexity index is 670. The van der Waals surface area contributed by atoms with Crippen LogP contribution in [0.5, 0.6) is 0 Å². The third-order valence-corrected chi connectivity index (χ3v) is 8.36. The SMILES string of the molecule is C[C@H](C(=O)NCC1CCCCC1)N1CCN(CC(=O)N[C@H]2CCS(=O)(=O)C2)CC1. The lowest BCUT2D eigenvalue weighted by Gasteiger charge is -2.37. The quantitative estimate of drug-likeness (QED) is 0.592. The molecule has 2 amide bonds. The van der Waals surface area contributed by atoms with Crippen LogP contribution in [-0.2, 0) is 19.4 Å². The largest absolute Gasteiger partial charge is 0.354 e. The van der Waals surface area contributed by atoms with Gasteiger partial charge < -0.3 is 10.6 Å². The van der Waals surface area contributed by atoms with E-state index in [0.717, 1.165) is 32.7 Å². The first kappa shape index (κ1) is 22.5. The van der Waals surface area contributed by atoms with Crippen LogP contribution >= 0.6 is 0 Å². The van der Waals surface area contributed by atoms with E-state index in [4.69, 9.17) is 0 Å². The van der Waals surface area contributed by atoms with Crippen LogP contribution in [0, 0.1) is 5.92 Å². The van der Waals surface area contributed by atoms with Crippen LogP contribution < -0.4 is 10.6 Å². The molecule has 2 saturated heterocycles. The molecule has 1 saturated carbocycles. The molecule has 2 N–H and O–H groups in total. The van der Waals surface area contributed by atoms with Gasteiger partial charge in [-0.2, -0.15) is 0 Å². The van der Waals surface area contributed by atoms with Gasteiger partial charge in [0.25, 0.3) is 0 Å². The third-order valence-electron chi connectivity index (χ3n) is 6.59. The van der Waals surface area contributed by atoms with Crippen molar-refractivity contribution in [3.63, 3.8) is 0 Å². The van der Waals surface area contributed by atoms with Crippen molar-refractivity contribution >= 4 is 21.7 Å². The maximum Gasteiger partial charge on any atom is 0.237 e. The number of nitrogens with zero attached hydrogens (tertiary/aromatic N) is 2. The van der Waals surface area contributed by atoms with Gasteiger partial charge in [0, 0.05) is 38.8 Å². The lowest BCUT2D eigenvalue weighted by Crippen LogP contribution is -2.55. The number of hydrogen-bond acceptors (Lipinski definition) is 6. The Morgan fingerprint density at radius 3 is 2.34 bits per heavy atom. The minimum atomic E-state index is -2.98. The van der Waals surface area contributed by atoms with Crippen LogP contribution in [0.15, 0.2) is 0 Å². The van der Waals surface area contributed by atoms with E-state index < -0.39 is 9.84 Å². The lowest BCUT2D eigenvalue weighted by atomic mass is 9.89. The van der Waals surface area contributed by atoms with E-state index in [-0.39, 0.29) is 41.9 Å². The zero-order valence-electron chi connectivity index (χ0n) is 17.6. The standard InChI is InChI=1S/C20H36N4O4S/c1-16(20(26)21-13-17-5-3-2-4-6-17)24-10-8-23(9-11-24)14-19(25)22-18-7-12-29(27,28)15-18/h16-18H,2-15H2,1H3,(H,21,26)(H,22,25)/t16-,18+/m1/s1. The van der Waals surface area contributed by atoms with Crippen molar-refractivity contribution in [1.82, 2.24) is 20.4 Å². The van der Waals surface area contributed by atoms with Crippen LogP contribution in [0.25, 0.3) is 0 Å². The number of carbonyl (C=O) groups is 2. The van der Waals surface area contributed by atoms with E-state index in [2.05, 4.69) is 20.4 Å². The molecule has 0 aromatic rings. The smallest absolute Gasteiger partial charge is 0.237 e. The summed E-state index contributed by atoms with van der Waals surface area (Å²) in [6.45, 7) is 6.01. The molecule has 0 aromatic carbocycles. The Hall–Kier alpha value is -1.19. The molecule has 3 aliphatic rings. The maximum atomic E-state index is 12.5. The molecule has 1 aliphatic carbocycles. The van der Waals surface area contributed by atoms with Crippen LogP contribution in [0.1, 0.15) is 45.4 Å². The summed E-state index contributed by atoms with van der Waals surface area (Å²) in [5, 5.41) is 5.98. The number of hydrogen-bond donors (Lipinski definition) is 2. The second-order valence-corrected chi connectivity index (χ2v) is 11.1. The van der Waals surface area contributed by atoms with Gasteiger partial charge in [-0.05, 0) is 32.1 Å². The molecule has 0 bridgehead atoms. The molecular formula is C20H36N4O4S. The molecule has 2 atom stereocenters. The highest BCUT2D eigenvalue weighted by atomic mass is 32.2. The van der Waals surface area contributed by atoms with Crippen LogP contribution in [-0.4, -0.2) is 92.9 Å². The minimum Gasteiger partial charge on any atom is -0.354 e. The highest BCUT2D eigenvalue weighted by Crippen LogP contribution is 2.22. The molecule has 0 spiro atoms. The van der Waals surface area contributed by atoms with Gasteiger partial charge in [0.1, 0.15) is 0 Å². The number of carbonyl (C=O) groups excluding carboxylic acids is 2. The van der Waals surface area contributed by atoms with Crippen molar-refractivity contribution in [3.8, 4) is 0 Å². The molecule has 2 aliphatic heterocycles. The number of piperazine rings is 1. The van der Waals surface area contributed by atoms with E-state index in [0.29, 0.717) is 12.3 Å². The highest BCUT2D eigenvalue weighted by Gasteiger charge is 2.30. The molecular weight excluding hydrogens is 392 g/mol. The summed E-state index contributed by atoms with van der Waals surface area (Å²) in [5.74, 6) is 0.838. The van der Waals surface area contributed by atoms with E-state index in [1.165, 1.54) is 32.1 Å². The topological polar surface area (TPSA) is 98.8 Å². The number of sulfone groups is 1. The molecule has 0 radical (unpaired) electrons. The van der Waals surface area contributed by atoms with Crippen molar-refractivity contribution in [3.05, 3.63) is 0 Å². The minimum absolute atomic E-state index is 0.0556. The fraction of sp³-hybridized carbons (Fsp3) is 0.900. The number of rotatable bonds is 7. The Morgan fingerprint density at radius 2 is 1.72 bits per heavy atom. The molecule has 166 valence electrons. The van der Waals surface area contributed by atoms with Crippen LogP contribution in [0.4, 0.5) is 0 Å². The Labute approximate surface area is 174 Å². The number of amides is 2. The van der Waals surface area contributed by atoms with Gasteiger partial charge >= 0.3 is 0 Å². The van der Waals surface area contributed by atoms with Gasteiger partial charge in [-0.3, -0.25) is 19.4 Å². The molecule has 29 heavy (non-hydrogen) atoms. The Morgan fingerprint density at radius 1 is 1.03 bits per heavy atom. The molecule has 3 fully saturated rings. The summed E-state index contributed by atoms with van der Waals surface area (Å²) >= 11 is 0. The van der Waals surface area contributed by atoms with Gasteiger partial charge in [-0.1, -0.05) is 19.3 Å². The summed E-state index contributed by atoms with van der Waals surface area (Å²) in [4.78, 5) is 29.0. The first-order chi connectivity index (χ1) is 13.8. The predicted molar refractivity (Wildman–Crippen MR) is 112 cm³/mol. The normalized spacial score (nSPS) is 27.4. The number of nitrogens with one attached hydrogen (secondary N) is 2. The second kappa shape index (κ2) is 10.2. The van der Waals surface area contributed by atoms with Crippen molar-refractivity contribution in [2.45, 2.75) is 57.5 Å². The molecule has 3 rings (SSSR count). The summed E-state index contributed by atoms with van der Waals surface area (Å²) in [7, 11) is -2.98. The van der Waals surface area contributed by atoms with E-state index in [1.54, 1.807) is 0 Å². The van der Waals surface area contributed by atoms with Crippen molar-refractivity contribution < 1.29 is 18.0 Å². The molecule has 0 unspecified atom stereocenters. The summed E-state index contributed by atoms with van der Waals surface area (Å²) in [5.41, 5.74) is 0. The average Bonchev–Trinajstić information content (AvgIpc) is 3.05. The van der Waals surface area contributed by atoms with Crippen LogP contribution in [0.3, 0.4) is 0 Å². The fourth-order valence-corrected chi connectivity index (χ4v) is 6.32. The van der Waals surface area contributed by atoms with Gasteiger partial charge in [0.15, 0.2) is 9.84 Å². The van der Waals surface area contributed by atoms with Gasteiger partial charge in [-0.15, -0.1) is 0 Å². The summed E-state index contributed by atoms with van der Waals surface area (Å²) < 4.78 is 23.0. The Balaban J connectivity index is 1.33. The van der Waals surface area contributed by atoms with Gasteiger partial charge in [-0.25, -0.2) is 8.42 Å². The fourth-order valence-electron chi connectivity index (χ4n) is 4.64. The average molecular weight is 429 g/mol. The lowest BCUT2D eigenvalue weighted by molar-refractivity contribution is -0.128. The van der Waals surface area contributed by atoms with E-state index >= 15 is 0 Å².